The molecule has 6 nitrogen and oxygen atoms in total. The molecule has 1 amide bonds. The number of carbonyl (C=O) groups is 4. The normalized spacial score (nSPS) is 16.7. The summed E-state index contributed by atoms with van der Waals surface area (Å²) in [7, 11) is 0. The van der Waals surface area contributed by atoms with Crippen molar-refractivity contribution in [2.75, 3.05) is 5.32 Å². The largest absolute Gasteiger partial charge is 0.481 e. The number of nitrogens with one attached hydrogen (secondary N) is 1. The zero-order valence-corrected chi connectivity index (χ0v) is 16.9. The van der Waals surface area contributed by atoms with Crippen LogP contribution in [0.25, 0.3) is 0 Å². The van der Waals surface area contributed by atoms with Crippen molar-refractivity contribution in [3.63, 3.8) is 0 Å². The molecule has 0 aromatic heterocycles. The van der Waals surface area contributed by atoms with E-state index >= 15 is 0 Å². The van der Waals surface area contributed by atoms with Gasteiger partial charge in [0.05, 0.1) is 17.1 Å². The van der Waals surface area contributed by atoms with E-state index in [2.05, 4.69) is 5.32 Å². The third-order valence-corrected chi connectivity index (χ3v) is 6.33. The van der Waals surface area contributed by atoms with Gasteiger partial charge in [0.1, 0.15) is 0 Å². The van der Waals surface area contributed by atoms with Crippen LogP contribution in [-0.4, -0.2) is 28.5 Å². The number of ketones is 2. The zero-order chi connectivity index (χ0) is 21.5. The number of halogens is 1. The molecule has 30 heavy (non-hydrogen) atoms. The Morgan fingerprint density at radius 2 is 1.50 bits per heavy atom. The number of hydrogen-bond acceptors (Lipinski definition) is 4. The summed E-state index contributed by atoms with van der Waals surface area (Å²) in [6, 6.07) is 9.43. The first kappa shape index (κ1) is 20.3. The Hall–Kier alpha value is -2.99. The van der Waals surface area contributed by atoms with Gasteiger partial charge in [0.2, 0.25) is 5.91 Å². The van der Waals surface area contributed by atoms with Crippen LogP contribution in [0.2, 0.25) is 5.02 Å². The average Bonchev–Trinajstić information content (AvgIpc) is 3.14. The van der Waals surface area contributed by atoms with E-state index < -0.39 is 11.4 Å². The lowest BCUT2D eigenvalue weighted by Crippen LogP contribution is -2.28. The van der Waals surface area contributed by atoms with Gasteiger partial charge in [-0.25, -0.2) is 0 Å². The van der Waals surface area contributed by atoms with Crippen LogP contribution in [0.5, 0.6) is 0 Å². The number of hydrogen-bond donors (Lipinski definition) is 2. The van der Waals surface area contributed by atoms with Crippen LogP contribution in [0.4, 0.5) is 5.69 Å². The summed E-state index contributed by atoms with van der Waals surface area (Å²) in [6.45, 7) is 0. The standard InChI is InChI=1S/C23H20ClNO5/c24-17-9-15-16(22(30)14-6-2-1-5-13(14)21(15)29)10-18(17)25-19(26)11-23(12-20(27)28)7-3-4-8-23/h1-2,5-6,9-10H,3-4,7-8,11-12H2,(H,25,26)(H,27,28). The maximum Gasteiger partial charge on any atom is 0.303 e. The van der Waals surface area contributed by atoms with Gasteiger partial charge in [-0.15, -0.1) is 0 Å². The molecule has 2 aliphatic carbocycles. The predicted octanol–water partition coefficient (Wildman–Crippen LogP) is 4.48. The highest BCUT2D eigenvalue weighted by Crippen LogP contribution is 2.44. The number of benzene rings is 2. The van der Waals surface area contributed by atoms with E-state index in [0.29, 0.717) is 24.0 Å². The second-order valence-electron chi connectivity index (χ2n) is 8.08. The lowest BCUT2D eigenvalue weighted by molar-refractivity contribution is -0.140. The van der Waals surface area contributed by atoms with Crippen LogP contribution in [0.3, 0.4) is 0 Å². The van der Waals surface area contributed by atoms with Gasteiger partial charge in [-0.2, -0.15) is 0 Å². The van der Waals surface area contributed by atoms with Crippen LogP contribution in [0.1, 0.15) is 70.4 Å². The molecule has 0 heterocycles. The van der Waals surface area contributed by atoms with Gasteiger partial charge >= 0.3 is 5.97 Å². The van der Waals surface area contributed by atoms with Crippen LogP contribution in [-0.2, 0) is 9.59 Å². The molecule has 0 aliphatic heterocycles. The Labute approximate surface area is 178 Å². The van der Waals surface area contributed by atoms with Crippen molar-refractivity contribution in [1.29, 1.82) is 0 Å². The molecule has 1 fully saturated rings. The predicted molar refractivity (Wildman–Crippen MR) is 111 cm³/mol. The summed E-state index contributed by atoms with van der Waals surface area (Å²) >= 11 is 6.31. The lowest BCUT2D eigenvalue weighted by Gasteiger charge is -2.26. The van der Waals surface area contributed by atoms with Crippen molar-refractivity contribution < 1.29 is 24.3 Å². The Morgan fingerprint density at radius 3 is 2.07 bits per heavy atom. The summed E-state index contributed by atoms with van der Waals surface area (Å²) in [5.74, 6) is -1.86. The lowest BCUT2D eigenvalue weighted by atomic mass is 9.79. The van der Waals surface area contributed by atoms with Crippen molar-refractivity contribution in [2.45, 2.75) is 38.5 Å². The summed E-state index contributed by atoms with van der Waals surface area (Å²) < 4.78 is 0. The molecular weight excluding hydrogens is 406 g/mol. The number of rotatable bonds is 5. The monoisotopic (exact) mass is 425 g/mol. The van der Waals surface area contributed by atoms with E-state index in [1.54, 1.807) is 24.3 Å². The van der Waals surface area contributed by atoms with Crippen molar-refractivity contribution in [1.82, 2.24) is 0 Å². The Kier molecular flexibility index (Phi) is 5.20. The highest BCUT2D eigenvalue weighted by molar-refractivity contribution is 6.36. The fraction of sp³-hybridized carbons (Fsp3) is 0.304. The Bertz CT molecular complexity index is 1080. The van der Waals surface area contributed by atoms with Crippen LogP contribution < -0.4 is 5.32 Å². The minimum Gasteiger partial charge on any atom is -0.481 e. The van der Waals surface area contributed by atoms with Crippen molar-refractivity contribution in [2.24, 2.45) is 5.41 Å². The maximum absolute atomic E-state index is 12.9. The molecule has 0 radical (unpaired) electrons. The molecular formula is C23H20ClNO5. The number of aliphatic carboxylic acids is 1. The number of fused-ring (bicyclic) bond motifs is 2. The SMILES string of the molecule is O=C(O)CC1(CC(=O)Nc2cc3c(cc2Cl)C(=O)c2ccccc2C3=O)CCCC1. The van der Waals surface area contributed by atoms with E-state index in [4.69, 9.17) is 11.6 Å². The summed E-state index contributed by atoms with van der Waals surface area (Å²) in [6.07, 6.45) is 3.19. The molecule has 4 rings (SSSR count). The third kappa shape index (κ3) is 3.63. The van der Waals surface area contributed by atoms with Gasteiger partial charge in [0.15, 0.2) is 11.6 Å². The Morgan fingerprint density at radius 1 is 0.933 bits per heavy atom. The highest BCUT2D eigenvalue weighted by atomic mass is 35.5. The molecule has 0 saturated heterocycles. The molecule has 0 unspecified atom stereocenters. The number of amides is 1. The number of carbonyl (C=O) groups excluding carboxylic acids is 3. The van der Waals surface area contributed by atoms with Crippen LogP contribution >= 0.6 is 11.6 Å². The molecule has 2 N–H and O–H groups in total. The van der Waals surface area contributed by atoms with Gasteiger partial charge in [-0.3, -0.25) is 19.2 Å². The minimum atomic E-state index is -0.917. The molecule has 2 aliphatic rings. The van der Waals surface area contributed by atoms with Gasteiger partial charge in [0, 0.05) is 28.7 Å². The average molecular weight is 426 g/mol. The van der Waals surface area contributed by atoms with Crippen LogP contribution in [0.15, 0.2) is 36.4 Å². The fourth-order valence-electron chi connectivity index (χ4n) is 4.61. The van der Waals surface area contributed by atoms with Gasteiger partial charge in [0.25, 0.3) is 0 Å². The summed E-state index contributed by atoms with van der Waals surface area (Å²) in [5.41, 5.74) is 0.742. The molecule has 0 bridgehead atoms. The van der Waals surface area contributed by atoms with Crippen molar-refractivity contribution in [3.8, 4) is 0 Å². The number of anilines is 1. The molecule has 0 spiro atoms. The smallest absolute Gasteiger partial charge is 0.303 e. The second-order valence-corrected chi connectivity index (χ2v) is 8.49. The Balaban J connectivity index is 1.60. The quantitative estimate of drug-likeness (QED) is 0.627. The van der Waals surface area contributed by atoms with Crippen LogP contribution in [0, 0.1) is 5.41 Å². The summed E-state index contributed by atoms with van der Waals surface area (Å²) in [4.78, 5) is 49.6. The number of carboxylic acid groups (broad SMARTS) is 1. The first-order valence-corrected chi connectivity index (χ1v) is 10.2. The van der Waals surface area contributed by atoms with Gasteiger partial charge in [-0.1, -0.05) is 48.7 Å². The molecule has 2 aromatic rings. The zero-order valence-electron chi connectivity index (χ0n) is 16.2. The molecule has 0 atom stereocenters. The molecule has 154 valence electrons. The van der Waals surface area contributed by atoms with E-state index in [-0.39, 0.29) is 52.2 Å². The summed E-state index contributed by atoms with van der Waals surface area (Å²) in [5, 5.41) is 12.1. The maximum atomic E-state index is 12.9. The van der Waals surface area contributed by atoms with Gasteiger partial charge < -0.3 is 10.4 Å². The van der Waals surface area contributed by atoms with E-state index in [0.717, 1.165) is 12.8 Å². The topological polar surface area (TPSA) is 101 Å². The first-order valence-electron chi connectivity index (χ1n) is 9.83. The molecule has 7 heteroatoms. The first-order chi connectivity index (χ1) is 14.3. The highest BCUT2D eigenvalue weighted by Gasteiger charge is 2.38. The van der Waals surface area contributed by atoms with Crippen molar-refractivity contribution >= 4 is 40.7 Å². The molecule has 2 aromatic carbocycles. The fourth-order valence-corrected chi connectivity index (χ4v) is 4.82. The van der Waals surface area contributed by atoms with Crippen molar-refractivity contribution in [3.05, 3.63) is 63.7 Å². The van der Waals surface area contributed by atoms with Gasteiger partial charge in [-0.05, 0) is 30.4 Å². The van der Waals surface area contributed by atoms with E-state index in [1.165, 1.54) is 12.1 Å². The molecule has 1 saturated carbocycles. The minimum absolute atomic E-state index is 0.0535. The number of carboxylic acids is 1. The van der Waals surface area contributed by atoms with E-state index in [9.17, 15) is 24.3 Å². The third-order valence-electron chi connectivity index (χ3n) is 6.01. The second kappa shape index (κ2) is 7.69. The van der Waals surface area contributed by atoms with E-state index in [1.807, 2.05) is 0 Å².